The van der Waals surface area contributed by atoms with Crippen LogP contribution in [0.5, 0.6) is 0 Å². The van der Waals surface area contributed by atoms with Crippen LogP contribution in [-0.4, -0.2) is 5.78 Å². The zero-order chi connectivity index (χ0) is 18.9. The van der Waals surface area contributed by atoms with E-state index in [0.29, 0.717) is 18.4 Å². The highest BCUT2D eigenvalue weighted by Gasteiger charge is 2.20. The van der Waals surface area contributed by atoms with Crippen molar-refractivity contribution < 1.29 is 4.79 Å². The summed E-state index contributed by atoms with van der Waals surface area (Å²) in [5, 5.41) is 0. The Balaban J connectivity index is 2.77. The van der Waals surface area contributed by atoms with E-state index in [9.17, 15) is 4.79 Å². The van der Waals surface area contributed by atoms with E-state index < -0.39 is 0 Å². The molecule has 0 atom stereocenters. The second kappa shape index (κ2) is 9.53. The van der Waals surface area contributed by atoms with Crippen molar-refractivity contribution >= 4 is 5.78 Å². The van der Waals surface area contributed by atoms with E-state index in [2.05, 4.69) is 26.3 Å². The van der Waals surface area contributed by atoms with Crippen molar-refractivity contribution in [2.75, 3.05) is 0 Å². The number of hydrogen-bond acceptors (Lipinski definition) is 1. The van der Waals surface area contributed by atoms with Gasteiger partial charge in [0.25, 0.3) is 0 Å². The Labute approximate surface area is 157 Å². The van der Waals surface area contributed by atoms with E-state index in [4.69, 9.17) is 0 Å². The number of carbonyl (C=O) groups is 1. The van der Waals surface area contributed by atoms with Crippen LogP contribution in [0, 0.1) is 0 Å². The lowest BCUT2D eigenvalue weighted by Crippen LogP contribution is -2.12. The molecule has 132 valence electrons. The fraction of sp³-hybridized carbons (Fsp3) is 0.160. The molecule has 1 heteroatoms. The van der Waals surface area contributed by atoms with Crippen molar-refractivity contribution in [2.24, 2.45) is 0 Å². The highest BCUT2D eigenvalue weighted by atomic mass is 16.1. The minimum atomic E-state index is 0.0447. The van der Waals surface area contributed by atoms with Crippen LogP contribution in [0.1, 0.15) is 38.2 Å². The van der Waals surface area contributed by atoms with Crippen LogP contribution in [0.2, 0.25) is 0 Å². The molecule has 2 aromatic carbocycles. The molecule has 0 aliphatic heterocycles. The number of allylic oxidation sites excluding steroid dienone is 4. The van der Waals surface area contributed by atoms with Crippen molar-refractivity contribution in [3.63, 3.8) is 0 Å². The van der Waals surface area contributed by atoms with Gasteiger partial charge in [0, 0.05) is 11.1 Å². The SMILES string of the molecule is C=CCc1cc(C(=O)c2ccccc2)c(CC=C)c(CC=C)c1CC=C. The molecule has 1 nitrogen and oxygen atoms in total. The van der Waals surface area contributed by atoms with Crippen molar-refractivity contribution in [2.45, 2.75) is 25.7 Å². The van der Waals surface area contributed by atoms with E-state index >= 15 is 0 Å². The lowest BCUT2D eigenvalue weighted by Gasteiger charge is -2.20. The summed E-state index contributed by atoms with van der Waals surface area (Å²) < 4.78 is 0. The van der Waals surface area contributed by atoms with Gasteiger partial charge in [-0.3, -0.25) is 4.79 Å². The highest BCUT2D eigenvalue weighted by molar-refractivity contribution is 6.10. The van der Waals surface area contributed by atoms with Gasteiger partial charge >= 0.3 is 0 Å². The fourth-order valence-corrected chi connectivity index (χ4v) is 3.34. The molecule has 0 heterocycles. The molecule has 0 saturated heterocycles. The molecule has 0 spiro atoms. The van der Waals surface area contributed by atoms with Crippen LogP contribution in [0.4, 0.5) is 0 Å². The van der Waals surface area contributed by atoms with E-state index in [-0.39, 0.29) is 5.78 Å². The molecule has 2 rings (SSSR count). The second-order valence-electron chi connectivity index (χ2n) is 6.19. The van der Waals surface area contributed by atoms with Gasteiger partial charge in [-0.05, 0) is 54.0 Å². The maximum absolute atomic E-state index is 13.2. The van der Waals surface area contributed by atoms with Gasteiger partial charge in [0.15, 0.2) is 5.78 Å². The third-order valence-electron chi connectivity index (χ3n) is 4.45. The summed E-state index contributed by atoms with van der Waals surface area (Å²) in [6.07, 6.45) is 10.4. The van der Waals surface area contributed by atoms with Gasteiger partial charge in [-0.15, -0.1) is 26.3 Å². The minimum Gasteiger partial charge on any atom is -0.289 e. The van der Waals surface area contributed by atoms with E-state index in [1.165, 1.54) is 11.1 Å². The number of carbonyl (C=O) groups excluding carboxylic acids is 1. The summed E-state index contributed by atoms with van der Waals surface area (Å²) >= 11 is 0. The van der Waals surface area contributed by atoms with Crippen molar-refractivity contribution in [1.29, 1.82) is 0 Å². The molecular formula is C25H26O. The molecule has 0 bridgehead atoms. The Morgan fingerprint density at radius 1 is 0.731 bits per heavy atom. The first-order valence-electron chi connectivity index (χ1n) is 8.87. The van der Waals surface area contributed by atoms with Crippen LogP contribution >= 0.6 is 0 Å². The van der Waals surface area contributed by atoms with E-state index in [1.54, 1.807) is 0 Å². The third kappa shape index (κ3) is 4.18. The molecule has 0 amide bonds. The van der Waals surface area contributed by atoms with Gasteiger partial charge in [-0.25, -0.2) is 0 Å². The molecule has 26 heavy (non-hydrogen) atoms. The van der Waals surface area contributed by atoms with Gasteiger partial charge in [-0.2, -0.15) is 0 Å². The zero-order valence-corrected chi connectivity index (χ0v) is 15.3. The summed E-state index contributed by atoms with van der Waals surface area (Å²) in [4.78, 5) is 13.2. The van der Waals surface area contributed by atoms with Crippen molar-refractivity contribution in [1.82, 2.24) is 0 Å². The number of hydrogen-bond donors (Lipinski definition) is 0. The Bertz CT molecular complexity index is 825. The molecule has 2 aromatic rings. The van der Waals surface area contributed by atoms with Gasteiger partial charge in [0.2, 0.25) is 0 Å². The molecule has 0 N–H and O–H groups in total. The predicted molar refractivity (Wildman–Crippen MR) is 112 cm³/mol. The molecule has 0 aromatic heterocycles. The standard InChI is InChI=1S/C25H26O/c1-5-12-20-18-24(25(26)19-16-10-9-11-17-19)23(15-8-4)22(14-7-3)21(20)13-6-2/h5-11,16-18H,1-4,12-15H2. The first kappa shape index (κ1) is 19.4. The van der Waals surface area contributed by atoms with Gasteiger partial charge < -0.3 is 0 Å². The van der Waals surface area contributed by atoms with Crippen molar-refractivity contribution in [3.8, 4) is 0 Å². The average molecular weight is 342 g/mol. The topological polar surface area (TPSA) is 17.1 Å². The summed E-state index contributed by atoms with van der Waals surface area (Å²) in [7, 11) is 0. The smallest absolute Gasteiger partial charge is 0.193 e. The molecule has 0 radical (unpaired) electrons. The number of ketones is 1. The summed E-state index contributed by atoms with van der Waals surface area (Å²) in [6.45, 7) is 15.6. The normalized spacial score (nSPS) is 10.2. The quantitative estimate of drug-likeness (QED) is 0.392. The Hall–Kier alpha value is -2.93. The molecule has 0 fully saturated rings. The van der Waals surface area contributed by atoms with E-state index in [1.807, 2.05) is 60.7 Å². The predicted octanol–water partition coefficient (Wildman–Crippen LogP) is 5.83. The molecule has 0 aliphatic carbocycles. The van der Waals surface area contributed by atoms with Crippen LogP contribution < -0.4 is 0 Å². The van der Waals surface area contributed by atoms with Crippen LogP contribution in [-0.2, 0) is 25.7 Å². The van der Waals surface area contributed by atoms with Crippen molar-refractivity contribution in [3.05, 3.63) is 120 Å². The van der Waals surface area contributed by atoms with Gasteiger partial charge in [0.05, 0.1) is 0 Å². The maximum Gasteiger partial charge on any atom is 0.193 e. The molecule has 0 unspecified atom stereocenters. The molecule has 0 aliphatic rings. The third-order valence-corrected chi connectivity index (χ3v) is 4.45. The first-order valence-corrected chi connectivity index (χ1v) is 8.87. The highest BCUT2D eigenvalue weighted by Crippen LogP contribution is 2.29. The average Bonchev–Trinajstić information content (AvgIpc) is 2.66. The van der Waals surface area contributed by atoms with Crippen LogP contribution in [0.3, 0.4) is 0 Å². The van der Waals surface area contributed by atoms with E-state index in [0.717, 1.165) is 29.5 Å². The Kier molecular flexibility index (Phi) is 7.11. The monoisotopic (exact) mass is 342 g/mol. The lowest BCUT2D eigenvalue weighted by atomic mass is 9.83. The maximum atomic E-state index is 13.2. The molecular weight excluding hydrogens is 316 g/mol. The second-order valence-corrected chi connectivity index (χ2v) is 6.19. The summed E-state index contributed by atoms with van der Waals surface area (Å²) in [5.41, 5.74) is 6.00. The zero-order valence-electron chi connectivity index (χ0n) is 15.3. The largest absolute Gasteiger partial charge is 0.289 e. The number of rotatable bonds is 10. The summed E-state index contributed by atoms with van der Waals surface area (Å²) in [5.74, 6) is 0.0447. The number of benzene rings is 2. The Morgan fingerprint density at radius 2 is 1.27 bits per heavy atom. The Morgan fingerprint density at radius 3 is 1.85 bits per heavy atom. The van der Waals surface area contributed by atoms with Gasteiger partial charge in [0.1, 0.15) is 0 Å². The first-order chi connectivity index (χ1) is 12.7. The summed E-state index contributed by atoms with van der Waals surface area (Å²) in [6, 6.07) is 11.4. The van der Waals surface area contributed by atoms with Crippen LogP contribution in [0.25, 0.3) is 0 Å². The van der Waals surface area contributed by atoms with Crippen LogP contribution in [0.15, 0.2) is 87.0 Å². The molecule has 0 saturated carbocycles. The minimum absolute atomic E-state index is 0.0447. The fourth-order valence-electron chi connectivity index (χ4n) is 3.34. The van der Waals surface area contributed by atoms with Gasteiger partial charge in [-0.1, -0.05) is 54.6 Å². The lowest BCUT2D eigenvalue weighted by molar-refractivity contribution is 0.103.